The van der Waals surface area contributed by atoms with Crippen LogP contribution in [0.4, 0.5) is 0 Å². The lowest BCUT2D eigenvalue weighted by atomic mass is 10.3. The topological polar surface area (TPSA) is 107 Å². The molecule has 0 aliphatic heterocycles. The van der Waals surface area contributed by atoms with E-state index in [1.807, 2.05) is 6.92 Å². The Labute approximate surface area is 108 Å². The van der Waals surface area contributed by atoms with Crippen LogP contribution in [0, 0.1) is 0 Å². The number of carbonyl (C=O) groups excluding carboxylic acids is 1. The normalized spacial score (nSPS) is 12.1. The van der Waals surface area contributed by atoms with Crippen molar-refractivity contribution in [3.8, 4) is 0 Å². The van der Waals surface area contributed by atoms with Crippen LogP contribution in [-0.2, 0) is 20.9 Å². The molecule has 1 N–H and O–H groups in total. The summed E-state index contributed by atoms with van der Waals surface area (Å²) in [6.07, 6.45) is 0.545. The number of tetrazole rings is 1. The first-order valence-corrected chi connectivity index (χ1v) is 6.27. The van der Waals surface area contributed by atoms with Gasteiger partial charge in [-0.1, -0.05) is 18.7 Å². The van der Waals surface area contributed by atoms with Crippen LogP contribution in [0.25, 0.3) is 0 Å². The van der Waals surface area contributed by atoms with Gasteiger partial charge in [-0.15, -0.1) is 5.10 Å². The number of rotatable bonds is 7. The molecule has 0 aromatic carbocycles. The molecule has 0 spiro atoms. The van der Waals surface area contributed by atoms with Crippen LogP contribution in [-0.4, -0.2) is 49.1 Å². The number of carbonyl (C=O) groups is 2. The SMILES string of the molecule is CCOC(=O)C(CC)Sc1nnnn1CC(=O)O. The minimum Gasteiger partial charge on any atom is -0.480 e. The Morgan fingerprint density at radius 3 is 2.78 bits per heavy atom. The second-order valence-corrected chi connectivity index (χ2v) is 4.45. The van der Waals surface area contributed by atoms with E-state index in [0.29, 0.717) is 13.0 Å². The molecule has 100 valence electrons. The molecule has 18 heavy (non-hydrogen) atoms. The fraction of sp³-hybridized carbons (Fsp3) is 0.667. The maximum absolute atomic E-state index is 11.6. The molecule has 0 bridgehead atoms. The number of aromatic nitrogens is 4. The maximum Gasteiger partial charge on any atom is 0.325 e. The molecule has 8 nitrogen and oxygen atoms in total. The van der Waals surface area contributed by atoms with Gasteiger partial charge in [0.1, 0.15) is 11.8 Å². The molecule has 0 aliphatic rings. The van der Waals surface area contributed by atoms with Crippen LogP contribution in [0.3, 0.4) is 0 Å². The predicted molar refractivity (Wildman–Crippen MR) is 62.0 cm³/mol. The molecule has 1 atom stereocenters. The van der Waals surface area contributed by atoms with Gasteiger partial charge < -0.3 is 9.84 Å². The Kier molecular flexibility index (Phi) is 5.56. The number of hydrogen-bond donors (Lipinski definition) is 1. The van der Waals surface area contributed by atoms with E-state index < -0.39 is 11.2 Å². The Balaban J connectivity index is 2.72. The molecule has 0 fully saturated rings. The highest BCUT2D eigenvalue weighted by atomic mass is 32.2. The first kappa shape index (κ1) is 14.4. The van der Waals surface area contributed by atoms with Gasteiger partial charge in [-0.3, -0.25) is 9.59 Å². The Bertz CT molecular complexity index is 422. The molecule has 0 saturated heterocycles. The maximum atomic E-state index is 11.6. The Hall–Kier alpha value is -1.64. The zero-order valence-electron chi connectivity index (χ0n) is 10.1. The zero-order chi connectivity index (χ0) is 13.5. The largest absolute Gasteiger partial charge is 0.480 e. The van der Waals surface area contributed by atoms with E-state index in [4.69, 9.17) is 9.84 Å². The lowest BCUT2D eigenvalue weighted by Crippen LogP contribution is -2.21. The summed E-state index contributed by atoms with van der Waals surface area (Å²) < 4.78 is 6.04. The second-order valence-electron chi connectivity index (χ2n) is 3.28. The predicted octanol–water partition coefficient (Wildman–Crippen LogP) is 0.191. The van der Waals surface area contributed by atoms with Gasteiger partial charge in [0.15, 0.2) is 0 Å². The third-order valence-electron chi connectivity index (χ3n) is 1.95. The van der Waals surface area contributed by atoms with E-state index in [0.717, 1.165) is 16.4 Å². The monoisotopic (exact) mass is 274 g/mol. The molecule has 0 radical (unpaired) electrons. The van der Waals surface area contributed by atoms with Gasteiger partial charge in [0.25, 0.3) is 0 Å². The standard InChI is InChI=1S/C9H14N4O4S/c1-3-6(8(16)17-4-2)18-9-10-11-12-13(9)5-7(14)15/h6H,3-5H2,1-2H3,(H,14,15). The number of nitrogens with zero attached hydrogens (tertiary/aromatic N) is 4. The molecular formula is C9H14N4O4S. The van der Waals surface area contributed by atoms with Crippen LogP contribution < -0.4 is 0 Å². The van der Waals surface area contributed by atoms with Gasteiger partial charge in [0.05, 0.1) is 6.61 Å². The van der Waals surface area contributed by atoms with Crippen LogP contribution in [0.2, 0.25) is 0 Å². The summed E-state index contributed by atoms with van der Waals surface area (Å²) in [5, 5.41) is 19.2. The number of aliphatic carboxylic acids is 1. The van der Waals surface area contributed by atoms with E-state index in [1.54, 1.807) is 6.92 Å². The van der Waals surface area contributed by atoms with Crippen molar-refractivity contribution in [2.45, 2.75) is 37.2 Å². The molecule has 1 rings (SSSR count). The molecular weight excluding hydrogens is 260 g/mol. The van der Waals surface area contributed by atoms with Gasteiger partial charge in [0, 0.05) is 0 Å². The van der Waals surface area contributed by atoms with Gasteiger partial charge in [0.2, 0.25) is 5.16 Å². The number of esters is 1. The molecule has 1 aromatic rings. The van der Waals surface area contributed by atoms with Gasteiger partial charge in [-0.2, -0.15) is 0 Å². The highest BCUT2D eigenvalue weighted by Crippen LogP contribution is 2.23. The van der Waals surface area contributed by atoms with E-state index in [9.17, 15) is 9.59 Å². The zero-order valence-corrected chi connectivity index (χ0v) is 10.9. The highest BCUT2D eigenvalue weighted by molar-refractivity contribution is 8.00. The van der Waals surface area contributed by atoms with Crippen molar-refractivity contribution < 1.29 is 19.4 Å². The lowest BCUT2D eigenvalue weighted by molar-refractivity contribution is -0.142. The summed E-state index contributed by atoms with van der Waals surface area (Å²) in [6.45, 7) is 3.52. The van der Waals surface area contributed by atoms with Crippen molar-refractivity contribution in [3.05, 3.63) is 0 Å². The van der Waals surface area contributed by atoms with Crippen molar-refractivity contribution in [2.24, 2.45) is 0 Å². The fourth-order valence-corrected chi connectivity index (χ4v) is 2.06. The van der Waals surface area contributed by atoms with Crippen molar-refractivity contribution in [2.75, 3.05) is 6.61 Å². The smallest absolute Gasteiger partial charge is 0.325 e. The third-order valence-corrected chi connectivity index (χ3v) is 3.27. The first-order chi connectivity index (χ1) is 8.58. The summed E-state index contributed by atoms with van der Waals surface area (Å²) in [5.74, 6) is -1.40. The first-order valence-electron chi connectivity index (χ1n) is 5.39. The molecule has 0 saturated carbocycles. The lowest BCUT2D eigenvalue weighted by Gasteiger charge is -2.11. The van der Waals surface area contributed by atoms with Crippen LogP contribution >= 0.6 is 11.8 Å². The average Bonchev–Trinajstić information content (AvgIpc) is 2.72. The van der Waals surface area contributed by atoms with Crippen molar-refractivity contribution in [1.82, 2.24) is 20.2 Å². The summed E-state index contributed by atoms with van der Waals surface area (Å²) >= 11 is 1.10. The molecule has 9 heteroatoms. The molecule has 1 heterocycles. The summed E-state index contributed by atoms with van der Waals surface area (Å²) in [4.78, 5) is 22.2. The molecule has 1 unspecified atom stereocenters. The van der Waals surface area contributed by atoms with E-state index >= 15 is 0 Å². The van der Waals surface area contributed by atoms with Gasteiger partial charge in [-0.25, -0.2) is 4.68 Å². The minimum absolute atomic E-state index is 0.289. The highest BCUT2D eigenvalue weighted by Gasteiger charge is 2.22. The number of thioether (sulfide) groups is 1. The summed E-state index contributed by atoms with van der Waals surface area (Å²) in [6, 6.07) is 0. The molecule has 1 aromatic heterocycles. The molecule has 0 amide bonds. The second kappa shape index (κ2) is 6.94. The van der Waals surface area contributed by atoms with Gasteiger partial charge in [-0.05, 0) is 23.8 Å². The summed E-state index contributed by atoms with van der Waals surface area (Å²) in [5.41, 5.74) is 0. The van der Waals surface area contributed by atoms with Crippen LogP contribution in [0.15, 0.2) is 5.16 Å². The van der Waals surface area contributed by atoms with Crippen molar-refractivity contribution in [1.29, 1.82) is 0 Å². The molecule has 0 aliphatic carbocycles. The quantitative estimate of drug-likeness (QED) is 0.554. The van der Waals surface area contributed by atoms with Gasteiger partial charge >= 0.3 is 11.9 Å². The number of carboxylic acid groups (broad SMARTS) is 1. The van der Waals surface area contributed by atoms with Crippen LogP contribution in [0.5, 0.6) is 0 Å². The number of ether oxygens (including phenoxy) is 1. The minimum atomic E-state index is -1.05. The van der Waals surface area contributed by atoms with Crippen molar-refractivity contribution >= 4 is 23.7 Å². The van der Waals surface area contributed by atoms with E-state index in [2.05, 4.69) is 15.5 Å². The summed E-state index contributed by atoms with van der Waals surface area (Å²) in [7, 11) is 0. The van der Waals surface area contributed by atoms with E-state index in [-0.39, 0.29) is 17.7 Å². The average molecular weight is 274 g/mol. The Morgan fingerprint density at radius 1 is 1.50 bits per heavy atom. The Morgan fingerprint density at radius 2 is 2.22 bits per heavy atom. The van der Waals surface area contributed by atoms with Crippen molar-refractivity contribution in [3.63, 3.8) is 0 Å². The number of hydrogen-bond acceptors (Lipinski definition) is 7. The number of carboxylic acids is 1. The van der Waals surface area contributed by atoms with E-state index in [1.165, 1.54) is 0 Å². The fourth-order valence-electron chi connectivity index (χ4n) is 1.17. The third kappa shape index (κ3) is 3.99. The van der Waals surface area contributed by atoms with Crippen LogP contribution in [0.1, 0.15) is 20.3 Å².